The number of nitrogens with zero attached hydrogens (tertiary/aromatic N) is 1. The van der Waals surface area contributed by atoms with Crippen LogP contribution in [-0.2, 0) is 6.54 Å². The molecule has 72 valence electrons. The summed E-state index contributed by atoms with van der Waals surface area (Å²) in [6.07, 6.45) is 0. The van der Waals surface area contributed by atoms with Crippen molar-refractivity contribution in [2.24, 2.45) is 5.73 Å². The second kappa shape index (κ2) is 3.67. The molecule has 0 unspecified atom stereocenters. The van der Waals surface area contributed by atoms with Crippen molar-refractivity contribution >= 4 is 26.8 Å². The quantitative estimate of drug-likeness (QED) is 0.846. The maximum Gasteiger partial charge on any atom is 0.0746 e. The van der Waals surface area contributed by atoms with Gasteiger partial charge in [-0.25, -0.2) is 0 Å². The first kappa shape index (κ1) is 9.62. The molecule has 1 heterocycles. The average Bonchev–Trinajstić information content (AvgIpc) is 2.23. The van der Waals surface area contributed by atoms with Gasteiger partial charge in [0.1, 0.15) is 0 Å². The Morgan fingerprint density at radius 1 is 1.29 bits per heavy atom. The zero-order valence-electron chi connectivity index (χ0n) is 7.92. The van der Waals surface area contributed by atoms with E-state index >= 15 is 0 Å². The molecule has 2 nitrogen and oxygen atoms in total. The summed E-state index contributed by atoms with van der Waals surface area (Å²) in [5, 5.41) is 1.16. The van der Waals surface area contributed by atoms with Gasteiger partial charge in [-0.3, -0.25) is 4.98 Å². The molecule has 0 aliphatic carbocycles. The van der Waals surface area contributed by atoms with E-state index in [1.54, 1.807) is 0 Å². The predicted molar refractivity (Wildman–Crippen MR) is 62.1 cm³/mol. The number of hydrogen-bond donors (Lipinski definition) is 1. The first-order valence-corrected chi connectivity index (χ1v) is 5.26. The number of aromatic nitrogens is 1. The molecule has 14 heavy (non-hydrogen) atoms. The van der Waals surface area contributed by atoms with Crippen LogP contribution < -0.4 is 5.73 Å². The largest absolute Gasteiger partial charge is 0.325 e. The molecule has 0 saturated heterocycles. The maximum atomic E-state index is 5.55. The van der Waals surface area contributed by atoms with Gasteiger partial charge in [0, 0.05) is 16.4 Å². The van der Waals surface area contributed by atoms with Crippen LogP contribution in [0.3, 0.4) is 0 Å². The lowest BCUT2D eigenvalue weighted by atomic mass is 10.1. The lowest BCUT2D eigenvalue weighted by Crippen LogP contribution is -1.99. The molecule has 1 aromatic carbocycles. The minimum atomic E-state index is 0.488. The fourth-order valence-electron chi connectivity index (χ4n) is 1.46. The topological polar surface area (TPSA) is 38.9 Å². The lowest BCUT2D eigenvalue weighted by molar-refractivity contribution is 1.00. The molecule has 0 saturated carbocycles. The molecule has 2 aromatic rings. The van der Waals surface area contributed by atoms with Crippen LogP contribution in [0.5, 0.6) is 0 Å². The molecular weight excluding hydrogens is 240 g/mol. The number of rotatable bonds is 1. The van der Waals surface area contributed by atoms with Crippen molar-refractivity contribution < 1.29 is 0 Å². The van der Waals surface area contributed by atoms with E-state index in [0.29, 0.717) is 6.54 Å². The van der Waals surface area contributed by atoms with Crippen LogP contribution in [0.4, 0.5) is 0 Å². The molecule has 2 rings (SSSR count). The highest BCUT2D eigenvalue weighted by atomic mass is 79.9. The van der Waals surface area contributed by atoms with Crippen molar-refractivity contribution in [3.8, 4) is 0 Å². The summed E-state index contributed by atoms with van der Waals surface area (Å²) < 4.78 is 1.09. The van der Waals surface area contributed by atoms with E-state index in [1.807, 2.05) is 12.1 Å². The molecule has 2 N–H and O–H groups in total. The molecule has 0 fully saturated rings. The Labute approximate surface area is 91.3 Å². The Bertz CT molecular complexity index is 480. The third-order valence-electron chi connectivity index (χ3n) is 2.32. The second-order valence-electron chi connectivity index (χ2n) is 3.25. The van der Waals surface area contributed by atoms with E-state index in [4.69, 9.17) is 5.73 Å². The summed E-state index contributed by atoms with van der Waals surface area (Å²) in [6, 6.07) is 8.13. The van der Waals surface area contributed by atoms with E-state index in [2.05, 4.69) is 40.0 Å². The normalized spacial score (nSPS) is 10.8. The van der Waals surface area contributed by atoms with Gasteiger partial charge in [-0.2, -0.15) is 0 Å². The third-order valence-corrected chi connectivity index (χ3v) is 3.18. The lowest BCUT2D eigenvalue weighted by Gasteiger charge is -2.05. The van der Waals surface area contributed by atoms with Gasteiger partial charge in [-0.05, 0) is 24.6 Å². The van der Waals surface area contributed by atoms with Crippen molar-refractivity contribution in [3.05, 3.63) is 40.0 Å². The Morgan fingerprint density at radius 3 is 2.71 bits per heavy atom. The van der Waals surface area contributed by atoms with Crippen molar-refractivity contribution in [2.75, 3.05) is 0 Å². The molecule has 3 heteroatoms. The smallest absolute Gasteiger partial charge is 0.0746 e. The van der Waals surface area contributed by atoms with Crippen molar-refractivity contribution in [3.63, 3.8) is 0 Å². The summed E-state index contributed by atoms with van der Waals surface area (Å²) in [5.74, 6) is 0. The minimum absolute atomic E-state index is 0.488. The molecule has 0 aliphatic heterocycles. The Hall–Kier alpha value is -0.930. The van der Waals surface area contributed by atoms with Crippen LogP contribution in [0.15, 0.2) is 28.7 Å². The SMILES string of the molecule is Cc1c(Br)ccc2ccc(CN)nc12. The number of benzene rings is 1. The summed E-state index contributed by atoms with van der Waals surface area (Å²) in [6.45, 7) is 2.54. The van der Waals surface area contributed by atoms with Gasteiger partial charge < -0.3 is 5.73 Å². The molecular formula is C11H11BrN2. The van der Waals surface area contributed by atoms with Gasteiger partial charge in [-0.1, -0.05) is 28.1 Å². The fraction of sp³-hybridized carbons (Fsp3) is 0.182. The van der Waals surface area contributed by atoms with Gasteiger partial charge in [-0.15, -0.1) is 0 Å². The van der Waals surface area contributed by atoms with E-state index in [1.165, 1.54) is 0 Å². The van der Waals surface area contributed by atoms with Crippen molar-refractivity contribution in [1.82, 2.24) is 4.98 Å². The number of pyridine rings is 1. The molecule has 0 aliphatic rings. The van der Waals surface area contributed by atoms with Crippen LogP contribution >= 0.6 is 15.9 Å². The molecule has 0 bridgehead atoms. The van der Waals surface area contributed by atoms with E-state index in [9.17, 15) is 0 Å². The molecule has 1 aromatic heterocycles. The van der Waals surface area contributed by atoms with Crippen LogP contribution in [0.1, 0.15) is 11.3 Å². The first-order valence-electron chi connectivity index (χ1n) is 4.47. The Kier molecular flexibility index (Phi) is 2.52. The van der Waals surface area contributed by atoms with Crippen LogP contribution in [0, 0.1) is 6.92 Å². The van der Waals surface area contributed by atoms with Gasteiger partial charge in [0.25, 0.3) is 0 Å². The first-order chi connectivity index (χ1) is 6.72. The highest BCUT2D eigenvalue weighted by molar-refractivity contribution is 9.10. The van der Waals surface area contributed by atoms with Gasteiger partial charge in [0.05, 0.1) is 11.2 Å². The second-order valence-corrected chi connectivity index (χ2v) is 4.11. The zero-order valence-corrected chi connectivity index (χ0v) is 9.51. The van der Waals surface area contributed by atoms with Gasteiger partial charge in [0.15, 0.2) is 0 Å². The number of aryl methyl sites for hydroxylation is 1. The zero-order chi connectivity index (χ0) is 10.1. The number of hydrogen-bond acceptors (Lipinski definition) is 2. The monoisotopic (exact) mass is 250 g/mol. The standard InChI is InChI=1S/C11H11BrN2/c1-7-10(12)5-3-8-2-4-9(6-13)14-11(7)8/h2-5H,6,13H2,1H3. The van der Waals surface area contributed by atoms with Gasteiger partial charge in [0.2, 0.25) is 0 Å². The van der Waals surface area contributed by atoms with Crippen LogP contribution in [0.2, 0.25) is 0 Å². The summed E-state index contributed by atoms with van der Waals surface area (Å²) in [5.41, 5.74) is 8.68. The summed E-state index contributed by atoms with van der Waals surface area (Å²) in [4.78, 5) is 4.50. The number of fused-ring (bicyclic) bond motifs is 1. The Morgan fingerprint density at radius 2 is 2.00 bits per heavy atom. The average molecular weight is 251 g/mol. The molecule has 0 atom stereocenters. The fourth-order valence-corrected chi connectivity index (χ4v) is 1.78. The predicted octanol–water partition coefficient (Wildman–Crippen LogP) is 2.76. The third kappa shape index (κ3) is 1.53. The van der Waals surface area contributed by atoms with E-state index in [-0.39, 0.29) is 0 Å². The number of nitrogens with two attached hydrogens (primary N) is 1. The van der Waals surface area contributed by atoms with Gasteiger partial charge >= 0.3 is 0 Å². The van der Waals surface area contributed by atoms with Crippen LogP contribution in [0.25, 0.3) is 10.9 Å². The Balaban J connectivity index is 2.78. The summed E-state index contributed by atoms with van der Waals surface area (Å²) >= 11 is 3.49. The van der Waals surface area contributed by atoms with E-state index in [0.717, 1.165) is 26.6 Å². The number of halogens is 1. The molecule has 0 amide bonds. The molecule has 0 spiro atoms. The van der Waals surface area contributed by atoms with Crippen molar-refractivity contribution in [1.29, 1.82) is 0 Å². The minimum Gasteiger partial charge on any atom is -0.325 e. The highest BCUT2D eigenvalue weighted by Gasteiger charge is 2.03. The maximum absolute atomic E-state index is 5.55. The highest BCUT2D eigenvalue weighted by Crippen LogP contribution is 2.24. The van der Waals surface area contributed by atoms with Crippen molar-refractivity contribution in [2.45, 2.75) is 13.5 Å². The van der Waals surface area contributed by atoms with Crippen LogP contribution in [-0.4, -0.2) is 4.98 Å². The molecule has 0 radical (unpaired) electrons. The van der Waals surface area contributed by atoms with E-state index < -0.39 is 0 Å². The summed E-state index contributed by atoms with van der Waals surface area (Å²) in [7, 11) is 0.